The SMILES string of the molecule is CCCCONC(=O)[C@H]1[C@@H](O)[C@H](O)[C@@H](O)CN1S(=O)(=O)c1ccc(OC)cc1. The summed E-state index contributed by atoms with van der Waals surface area (Å²) in [6.07, 6.45) is -3.60. The van der Waals surface area contributed by atoms with Crippen molar-refractivity contribution >= 4 is 15.9 Å². The van der Waals surface area contributed by atoms with Crippen LogP contribution in [-0.4, -0.2) is 78.6 Å². The van der Waals surface area contributed by atoms with Crippen molar-refractivity contribution in [2.24, 2.45) is 0 Å². The van der Waals surface area contributed by atoms with Crippen LogP contribution >= 0.6 is 0 Å². The highest BCUT2D eigenvalue weighted by molar-refractivity contribution is 7.89. The highest BCUT2D eigenvalue weighted by Crippen LogP contribution is 2.27. The van der Waals surface area contributed by atoms with Crippen LogP contribution in [0.5, 0.6) is 5.75 Å². The molecule has 1 aromatic rings. The second kappa shape index (κ2) is 9.63. The Balaban J connectivity index is 2.31. The molecule has 1 aliphatic heterocycles. The molecule has 4 N–H and O–H groups in total. The van der Waals surface area contributed by atoms with Crippen LogP contribution in [0, 0.1) is 0 Å². The van der Waals surface area contributed by atoms with Crippen molar-refractivity contribution in [1.82, 2.24) is 9.79 Å². The Morgan fingerprint density at radius 2 is 1.86 bits per heavy atom. The lowest BCUT2D eigenvalue weighted by Crippen LogP contribution is -2.66. The van der Waals surface area contributed by atoms with E-state index < -0.39 is 46.8 Å². The number of sulfonamides is 1. The normalized spacial score (nSPS) is 26.0. The van der Waals surface area contributed by atoms with Gasteiger partial charge in [0, 0.05) is 6.54 Å². The highest BCUT2D eigenvalue weighted by atomic mass is 32.2. The number of hydroxylamine groups is 1. The fourth-order valence-electron chi connectivity index (χ4n) is 2.81. The first-order chi connectivity index (χ1) is 13.2. The van der Waals surface area contributed by atoms with Crippen molar-refractivity contribution in [3.8, 4) is 5.75 Å². The van der Waals surface area contributed by atoms with E-state index in [1.165, 1.54) is 31.4 Å². The molecule has 0 radical (unpaired) electrons. The summed E-state index contributed by atoms with van der Waals surface area (Å²) in [7, 11) is -2.84. The predicted molar refractivity (Wildman–Crippen MR) is 97.7 cm³/mol. The number of aliphatic hydroxyl groups is 3. The summed E-state index contributed by atoms with van der Waals surface area (Å²) in [5, 5.41) is 30.2. The Labute approximate surface area is 163 Å². The van der Waals surface area contributed by atoms with Gasteiger partial charge in [-0.3, -0.25) is 9.63 Å². The number of methoxy groups -OCH3 is 1. The molecule has 1 amide bonds. The average Bonchev–Trinajstić information content (AvgIpc) is 2.69. The molecule has 1 saturated heterocycles. The summed E-state index contributed by atoms with van der Waals surface area (Å²) < 4.78 is 31.7. The van der Waals surface area contributed by atoms with E-state index in [9.17, 15) is 28.5 Å². The molecule has 1 fully saturated rings. The van der Waals surface area contributed by atoms with Gasteiger partial charge < -0.3 is 20.1 Å². The van der Waals surface area contributed by atoms with Crippen molar-refractivity contribution in [2.75, 3.05) is 20.3 Å². The van der Waals surface area contributed by atoms with Crippen molar-refractivity contribution in [3.63, 3.8) is 0 Å². The van der Waals surface area contributed by atoms with Crippen LogP contribution in [-0.2, 0) is 19.7 Å². The van der Waals surface area contributed by atoms with Gasteiger partial charge in [-0.2, -0.15) is 4.31 Å². The minimum absolute atomic E-state index is 0.159. The molecule has 28 heavy (non-hydrogen) atoms. The lowest BCUT2D eigenvalue weighted by Gasteiger charge is -2.41. The molecule has 158 valence electrons. The molecular formula is C17H26N2O8S. The van der Waals surface area contributed by atoms with Gasteiger partial charge in [0.1, 0.15) is 24.0 Å². The Hall–Kier alpha value is -1.76. The summed E-state index contributed by atoms with van der Waals surface area (Å²) in [5.41, 5.74) is 2.11. The third-order valence-electron chi connectivity index (χ3n) is 4.45. The van der Waals surface area contributed by atoms with Crippen molar-refractivity contribution in [1.29, 1.82) is 0 Å². The van der Waals surface area contributed by atoms with E-state index in [1.807, 2.05) is 6.92 Å². The number of nitrogens with one attached hydrogen (secondary N) is 1. The minimum atomic E-state index is -4.28. The first-order valence-corrected chi connectivity index (χ1v) is 10.3. The predicted octanol–water partition coefficient (Wildman–Crippen LogP) is -1.00. The van der Waals surface area contributed by atoms with Gasteiger partial charge in [-0.1, -0.05) is 13.3 Å². The summed E-state index contributed by atoms with van der Waals surface area (Å²) in [6, 6.07) is 3.75. The van der Waals surface area contributed by atoms with Crippen molar-refractivity contribution in [2.45, 2.75) is 49.0 Å². The Morgan fingerprint density at radius 1 is 1.21 bits per heavy atom. The number of unbranched alkanes of at least 4 members (excludes halogenated alkanes) is 1. The van der Waals surface area contributed by atoms with Gasteiger partial charge in [0.15, 0.2) is 0 Å². The molecular weight excluding hydrogens is 392 g/mol. The topological polar surface area (TPSA) is 146 Å². The molecule has 2 rings (SSSR count). The summed E-state index contributed by atoms with van der Waals surface area (Å²) in [4.78, 5) is 17.3. The number of hydrogen-bond acceptors (Lipinski definition) is 8. The standard InChI is InChI=1S/C17H26N2O8S/c1-3-4-9-27-18-17(23)14-16(22)15(21)13(20)10-19(14)28(24,25)12-7-5-11(26-2)6-8-12/h5-8,13-16,20-22H,3-4,9-10H2,1-2H3,(H,18,23)/t13-,14+,15+,16+/m0/s1. The summed E-state index contributed by atoms with van der Waals surface area (Å²) in [6.45, 7) is 1.57. The van der Waals surface area contributed by atoms with Crippen LogP contribution in [0.4, 0.5) is 0 Å². The summed E-state index contributed by atoms with van der Waals surface area (Å²) >= 11 is 0. The number of ether oxygens (including phenoxy) is 1. The zero-order chi connectivity index (χ0) is 20.9. The smallest absolute Gasteiger partial charge is 0.264 e. The monoisotopic (exact) mass is 418 g/mol. The zero-order valence-electron chi connectivity index (χ0n) is 15.7. The second-order valence-corrected chi connectivity index (χ2v) is 8.30. The van der Waals surface area contributed by atoms with Gasteiger partial charge in [-0.15, -0.1) is 0 Å². The fraction of sp³-hybridized carbons (Fsp3) is 0.588. The second-order valence-electron chi connectivity index (χ2n) is 6.41. The fourth-order valence-corrected chi connectivity index (χ4v) is 4.43. The van der Waals surface area contributed by atoms with E-state index in [0.29, 0.717) is 16.5 Å². The molecule has 10 nitrogen and oxygen atoms in total. The molecule has 0 unspecified atom stereocenters. The highest BCUT2D eigenvalue weighted by Gasteiger charge is 2.50. The van der Waals surface area contributed by atoms with Crippen LogP contribution in [0.2, 0.25) is 0 Å². The quantitative estimate of drug-likeness (QED) is 0.311. The lowest BCUT2D eigenvalue weighted by atomic mass is 9.95. The maximum absolute atomic E-state index is 13.0. The number of benzene rings is 1. The maximum Gasteiger partial charge on any atom is 0.264 e. The zero-order valence-corrected chi connectivity index (χ0v) is 16.5. The molecule has 0 saturated carbocycles. The maximum atomic E-state index is 13.0. The Kier molecular flexibility index (Phi) is 7.75. The van der Waals surface area contributed by atoms with Crippen LogP contribution in [0.25, 0.3) is 0 Å². The van der Waals surface area contributed by atoms with Crippen molar-refractivity contribution < 1.29 is 38.1 Å². The first-order valence-electron chi connectivity index (χ1n) is 8.85. The largest absolute Gasteiger partial charge is 0.497 e. The first kappa shape index (κ1) is 22.5. The minimum Gasteiger partial charge on any atom is -0.497 e. The molecule has 1 aliphatic rings. The van der Waals surface area contributed by atoms with Crippen LogP contribution in [0.1, 0.15) is 19.8 Å². The number of rotatable bonds is 8. The van der Waals surface area contributed by atoms with Gasteiger partial charge in [0.05, 0.1) is 24.7 Å². The van der Waals surface area contributed by atoms with E-state index in [-0.39, 0.29) is 11.5 Å². The molecule has 1 heterocycles. The molecule has 4 atom stereocenters. The summed E-state index contributed by atoms with van der Waals surface area (Å²) in [5.74, 6) is -0.502. The number of amides is 1. The lowest BCUT2D eigenvalue weighted by molar-refractivity contribution is -0.157. The van der Waals surface area contributed by atoms with Crippen molar-refractivity contribution in [3.05, 3.63) is 24.3 Å². The van der Waals surface area contributed by atoms with Gasteiger partial charge in [-0.25, -0.2) is 13.9 Å². The van der Waals surface area contributed by atoms with Gasteiger partial charge >= 0.3 is 0 Å². The van der Waals surface area contributed by atoms with E-state index in [2.05, 4.69) is 5.48 Å². The molecule has 0 aromatic heterocycles. The molecule has 0 spiro atoms. The van der Waals surface area contributed by atoms with E-state index >= 15 is 0 Å². The number of β-amino-alcohol motifs (C(OH)–C–C–N with tert-alkyl or cyclic N) is 1. The van der Waals surface area contributed by atoms with Gasteiger partial charge in [0.2, 0.25) is 10.0 Å². The molecule has 0 bridgehead atoms. The van der Waals surface area contributed by atoms with E-state index in [0.717, 1.165) is 6.42 Å². The Bertz CT molecular complexity index is 755. The number of carbonyl (C=O) groups is 1. The Morgan fingerprint density at radius 3 is 2.43 bits per heavy atom. The molecule has 1 aromatic carbocycles. The van der Waals surface area contributed by atoms with Crippen LogP contribution in [0.15, 0.2) is 29.2 Å². The molecule has 11 heteroatoms. The number of piperidine rings is 1. The van der Waals surface area contributed by atoms with Crippen LogP contribution in [0.3, 0.4) is 0 Å². The third-order valence-corrected chi connectivity index (χ3v) is 6.31. The molecule has 0 aliphatic carbocycles. The van der Waals surface area contributed by atoms with E-state index in [4.69, 9.17) is 9.57 Å². The number of carbonyl (C=O) groups excluding carboxylic acids is 1. The third kappa shape index (κ3) is 4.80. The van der Waals surface area contributed by atoms with Crippen LogP contribution < -0.4 is 10.2 Å². The number of hydrogen-bond donors (Lipinski definition) is 4. The van der Waals surface area contributed by atoms with E-state index in [1.54, 1.807) is 0 Å². The van der Waals surface area contributed by atoms with Gasteiger partial charge in [-0.05, 0) is 30.7 Å². The van der Waals surface area contributed by atoms with Gasteiger partial charge in [0.25, 0.3) is 5.91 Å². The number of aliphatic hydroxyl groups excluding tert-OH is 3. The average molecular weight is 418 g/mol. The number of nitrogens with zero attached hydrogens (tertiary/aromatic N) is 1.